The van der Waals surface area contributed by atoms with Gasteiger partial charge in [-0.2, -0.15) is 0 Å². The maximum Gasteiger partial charge on any atom is 0.311 e. The number of halogens is 1. The fourth-order valence-electron chi connectivity index (χ4n) is 1.84. The number of rotatable bonds is 5. The van der Waals surface area contributed by atoms with Gasteiger partial charge >= 0.3 is 5.69 Å². The Morgan fingerprint density at radius 3 is 2.48 bits per heavy atom. The second-order valence-corrected chi connectivity index (χ2v) is 4.99. The molecule has 2 aromatic rings. The minimum atomic E-state index is -0.497. The quantitative estimate of drug-likeness (QED) is 0.660. The summed E-state index contributed by atoms with van der Waals surface area (Å²) in [6.07, 6.45) is 0. The number of nitro benzene ring substituents is 1. The normalized spacial score (nSPS) is 12.0. The molecular weight excluding hydrogens is 292 g/mol. The van der Waals surface area contributed by atoms with Crippen LogP contribution in [0.4, 0.5) is 5.69 Å². The molecule has 0 amide bonds. The molecule has 0 bridgehead atoms. The molecule has 0 saturated carbocycles. The van der Waals surface area contributed by atoms with Crippen LogP contribution in [-0.4, -0.2) is 12.0 Å². The molecule has 0 heterocycles. The van der Waals surface area contributed by atoms with E-state index in [1.165, 1.54) is 18.2 Å². The maximum absolute atomic E-state index is 11.0. The summed E-state index contributed by atoms with van der Waals surface area (Å²) in [4.78, 5) is 10.5. The van der Waals surface area contributed by atoms with Crippen LogP contribution in [0.5, 0.6) is 11.5 Å². The van der Waals surface area contributed by atoms with Crippen molar-refractivity contribution in [2.75, 3.05) is 7.05 Å². The summed E-state index contributed by atoms with van der Waals surface area (Å²) in [6.45, 7) is 2.04. The van der Waals surface area contributed by atoms with Crippen molar-refractivity contribution in [3.05, 3.63) is 63.2 Å². The first-order valence-electron chi connectivity index (χ1n) is 6.40. The summed E-state index contributed by atoms with van der Waals surface area (Å²) in [5.41, 5.74) is 0.984. The van der Waals surface area contributed by atoms with Gasteiger partial charge in [-0.05, 0) is 37.7 Å². The Balaban J connectivity index is 2.26. The Hall–Kier alpha value is -2.11. The molecule has 6 heteroatoms. The number of ether oxygens (including phenoxy) is 1. The predicted octanol–water partition coefficient (Wildman–Crippen LogP) is 4.32. The van der Waals surface area contributed by atoms with E-state index in [-0.39, 0.29) is 17.5 Å². The summed E-state index contributed by atoms with van der Waals surface area (Å²) >= 11 is 5.86. The van der Waals surface area contributed by atoms with Crippen LogP contribution in [-0.2, 0) is 0 Å². The van der Waals surface area contributed by atoms with E-state index in [0.29, 0.717) is 10.8 Å². The SMILES string of the molecule is CNC(C)c1ccc(Oc2cc(Cl)ccc2[N+](=O)[O-])cc1. The number of hydrogen-bond acceptors (Lipinski definition) is 4. The minimum Gasteiger partial charge on any atom is -0.450 e. The second kappa shape index (κ2) is 6.56. The van der Waals surface area contributed by atoms with Crippen molar-refractivity contribution in [1.29, 1.82) is 0 Å². The van der Waals surface area contributed by atoms with E-state index < -0.39 is 4.92 Å². The Labute approximate surface area is 127 Å². The smallest absolute Gasteiger partial charge is 0.311 e. The maximum atomic E-state index is 11.0. The first-order chi connectivity index (χ1) is 10.0. The second-order valence-electron chi connectivity index (χ2n) is 4.55. The molecule has 2 rings (SSSR count). The molecule has 0 aliphatic heterocycles. The van der Waals surface area contributed by atoms with Crippen LogP contribution in [0.25, 0.3) is 0 Å². The zero-order valence-corrected chi connectivity index (χ0v) is 12.4. The Morgan fingerprint density at radius 1 is 1.24 bits per heavy atom. The van der Waals surface area contributed by atoms with E-state index in [4.69, 9.17) is 16.3 Å². The molecule has 2 aromatic carbocycles. The lowest BCUT2D eigenvalue weighted by Gasteiger charge is -2.11. The molecule has 0 spiro atoms. The van der Waals surface area contributed by atoms with Gasteiger partial charge in [0.2, 0.25) is 5.75 Å². The highest BCUT2D eigenvalue weighted by atomic mass is 35.5. The summed E-state index contributed by atoms with van der Waals surface area (Å²) in [6, 6.07) is 11.8. The van der Waals surface area contributed by atoms with Crippen LogP contribution in [0.2, 0.25) is 5.02 Å². The third kappa shape index (κ3) is 3.71. The number of nitro groups is 1. The Bertz CT molecular complexity index is 644. The number of nitrogens with zero attached hydrogens (tertiary/aromatic N) is 1. The van der Waals surface area contributed by atoms with Crippen LogP contribution >= 0.6 is 11.6 Å². The molecule has 5 nitrogen and oxygen atoms in total. The van der Waals surface area contributed by atoms with Gasteiger partial charge in [0, 0.05) is 23.2 Å². The number of benzene rings is 2. The molecule has 0 radical (unpaired) electrons. The first kappa shape index (κ1) is 15.3. The summed E-state index contributed by atoms with van der Waals surface area (Å²) < 4.78 is 5.57. The highest BCUT2D eigenvalue weighted by Crippen LogP contribution is 2.33. The third-order valence-corrected chi connectivity index (χ3v) is 3.39. The highest BCUT2D eigenvalue weighted by Gasteiger charge is 2.16. The zero-order valence-electron chi connectivity index (χ0n) is 11.7. The highest BCUT2D eigenvalue weighted by molar-refractivity contribution is 6.30. The van der Waals surface area contributed by atoms with Crippen molar-refractivity contribution in [2.45, 2.75) is 13.0 Å². The van der Waals surface area contributed by atoms with Crippen LogP contribution < -0.4 is 10.1 Å². The lowest BCUT2D eigenvalue weighted by molar-refractivity contribution is -0.385. The summed E-state index contributed by atoms with van der Waals surface area (Å²) in [7, 11) is 1.88. The van der Waals surface area contributed by atoms with Crippen molar-refractivity contribution in [2.24, 2.45) is 0 Å². The van der Waals surface area contributed by atoms with Gasteiger partial charge in [0.05, 0.1) is 4.92 Å². The van der Waals surface area contributed by atoms with Crippen molar-refractivity contribution >= 4 is 17.3 Å². The minimum absolute atomic E-state index is 0.118. The summed E-state index contributed by atoms with van der Waals surface area (Å²) in [5, 5.41) is 14.5. The van der Waals surface area contributed by atoms with Crippen LogP contribution in [0.3, 0.4) is 0 Å². The van der Waals surface area contributed by atoms with Gasteiger partial charge in [-0.3, -0.25) is 10.1 Å². The average molecular weight is 307 g/mol. The van der Waals surface area contributed by atoms with E-state index in [1.807, 2.05) is 26.1 Å². The predicted molar refractivity (Wildman–Crippen MR) is 82.1 cm³/mol. The van der Waals surface area contributed by atoms with E-state index >= 15 is 0 Å². The van der Waals surface area contributed by atoms with Crippen LogP contribution in [0.1, 0.15) is 18.5 Å². The monoisotopic (exact) mass is 306 g/mol. The molecule has 21 heavy (non-hydrogen) atoms. The fourth-order valence-corrected chi connectivity index (χ4v) is 2.00. The molecular formula is C15H15ClN2O3. The molecule has 110 valence electrons. The Kier molecular flexibility index (Phi) is 4.77. The number of nitrogens with one attached hydrogen (secondary N) is 1. The van der Waals surface area contributed by atoms with E-state index in [2.05, 4.69) is 5.32 Å². The van der Waals surface area contributed by atoms with E-state index in [1.54, 1.807) is 12.1 Å². The third-order valence-electron chi connectivity index (χ3n) is 3.16. The van der Waals surface area contributed by atoms with Gasteiger partial charge in [-0.1, -0.05) is 23.7 Å². The van der Waals surface area contributed by atoms with Crippen molar-refractivity contribution < 1.29 is 9.66 Å². The standard InChI is InChI=1S/C15H15ClN2O3/c1-10(17-2)11-3-6-13(7-4-11)21-15-9-12(16)5-8-14(15)18(19)20/h3-10,17H,1-2H3. The molecule has 1 N–H and O–H groups in total. The van der Waals surface area contributed by atoms with Gasteiger partial charge < -0.3 is 10.1 Å². The lowest BCUT2D eigenvalue weighted by atomic mass is 10.1. The molecule has 0 aromatic heterocycles. The van der Waals surface area contributed by atoms with Gasteiger partial charge in [0.15, 0.2) is 0 Å². The topological polar surface area (TPSA) is 64.4 Å². The molecule has 0 saturated heterocycles. The van der Waals surface area contributed by atoms with Crippen molar-refractivity contribution in [3.8, 4) is 11.5 Å². The van der Waals surface area contributed by atoms with E-state index in [0.717, 1.165) is 5.56 Å². The van der Waals surface area contributed by atoms with Crippen LogP contribution in [0, 0.1) is 10.1 Å². The zero-order chi connectivity index (χ0) is 15.4. The molecule has 1 atom stereocenters. The van der Waals surface area contributed by atoms with Gasteiger partial charge in [-0.15, -0.1) is 0 Å². The lowest BCUT2D eigenvalue weighted by Crippen LogP contribution is -2.11. The van der Waals surface area contributed by atoms with Gasteiger partial charge in [-0.25, -0.2) is 0 Å². The molecule has 0 aliphatic carbocycles. The van der Waals surface area contributed by atoms with E-state index in [9.17, 15) is 10.1 Å². The van der Waals surface area contributed by atoms with Crippen LogP contribution in [0.15, 0.2) is 42.5 Å². The summed E-state index contributed by atoms with van der Waals surface area (Å²) in [5.74, 6) is 0.648. The molecule has 0 aliphatic rings. The Morgan fingerprint density at radius 2 is 1.90 bits per heavy atom. The van der Waals surface area contributed by atoms with Crippen molar-refractivity contribution in [1.82, 2.24) is 5.32 Å². The number of hydrogen-bond donors (Lipinski definition) is 1. The average Bonchev–Trinajstić information content (AvgIpc) is 2.47. The first-order valence-corrected chi connectivity index (χ1v) is 6.78. The van der Waals surface area contributed by atoms with Crippen molar-refractivity contribution in [3.63, 3.8) is 0 Å². The molecule has 1 unspecified atom stereocenters. The van der Waals surface area contributed by atoms with Gasteiger partial charge in [0.25, 0.3) is 0 Å². The van der Waals surface area contributed by atoms with Gasteiger partial charge in [0.1, 0.15) is 5.75 Å². The largest absolute Gasteiger partial charge is 0.450 e. The fraction of sp³-hybridized carbons (Fsp3) is 0.200. The molecule has 0 fully saturated rings.